The highest BCUT2D eigenvalue weighted by atomic mass is 16.3. The van der Waals surface area contributed by atoms with Crippen LogP contribution in [0.3, 0.4) is 0 Å². The Morgan fingerprint density at radius 2 is 1.96 bits per heavy atom. The normalized spacial score (nSPS) is 38.8. The van der Waals surface area contributed by atoms with Crippen LogP contribution in [0, 0.1) is 17.8 Å². The molecule has 4 heteroatoms. The summed E-state index contributed by atoms with van der Waals surface area (Å²) in [6.07, 6.45) is 9.16. The van der Waals surface area contributed by atoms with E-state index in [-0.39, 0.29) is 18.6 Å². The summed E-state index contributed by atoms with van der Waals surface area (Å²) in [7, 11) is 0. The fourth-order valence-electron chi connectivity index (χ4n) is 6.28. The van der Waals surface area contributed by atoms with Crippen LogP contribution >= 0.6 is 0 Å². The van der Waals surface area contributed by atoms with Crippen molar-refractivity contribution in [2.45, 2.75) is 63.5 Å². The molecule has 132 valence electrons. The molecule has 24 heavy (non-hydrogen) atoms. The van der Waals surface area contributed by atoms with Crippen LogP contribution in [0.25, 0.3) is 0 Å². The molecule has 4 nitrogen and oxygen atoms in total. The molecule has 0 radical (unpaired) electrons. The van der Waals surface area contributed by atoms with Gasteiger partial charge in [-0.15, -0.1) is 0 Å². The van der Waals surface area contributed by atoms with Gasteiger partial charge in [-0.25, -0.2) is 0 Å². The molecule has 1 saturated carbocycles. The molecule has 3 N–H and O–H groups in total. The van der Waals surface area contributed by atoms with Crippen molar-refractivity contribution in [2.24, 2.45) is 17.8 Å². The quantitative estimate of drug-likeness (QED) is 0.740. The minimum absolute atomic E-state index is 0.0841. The third-order valence-corrected chi connectivity index (χ3v) is 7.52. The molecule has 0 amide bonds. The molecule has 0 bridgehead atoms. The lowest BCUT2D eigenvalue weighted by molar-refractivity contribution is -0.0725. The molecule has 1 aromatic heterocycles. The maximum atomic E-state index is 10.4. The summed E-state index contributed by atoms with van der Waals surface area (Å²) in [6, 6.07) is 0.486. The minimum Gasteiger partial charge on any atom is -0.396 e. The van der Waals surface area contributed by atoms with E-state index in [1.165, 1.54) is 50.0 Å². The first-order chi connectivity index (χ1) is 11.8. The number of hydrogen-bond acceptors (Lipinski definition) is 3. The number of nitrogens with one attached hydrogen (secondary N) is 1. The van der Waals surface area contributed by atoms with E-state index < -0.39 is 0 Å². The molecule has 5 rings (SSSR count). The molecule has 3 heterocycles. The van der Waals surface area contributed by atoms with Crippen molar-refractivity contribution >= 4 is 0 Å². The number of hydrogen-bond donors (Lipinski definition) is 3. The van der Waals surface area contributed by atoms with Crippen LogP contribution in [0.5, 0.6) is 0 Å². The summed E-state index contributed by atoms with van der Waals surface area (Å²) in [5, 5.41) is 20.2. The van der Waals surface area contributed by atoms with Gasteiger partial charge in [-0.05, 0) is 74.3 Å². The number of aromatic amines is 1. The average Bonchev–Trinajstić information content (AvgIpc) is 2.99. The Balaban J connectivity index is 1.48. The van der Waals surface area contributed by atoms with E-state index in [0.717, 1.165) is 25.8 Å². The predicted octanol–water partition coefficient (Wildman–Crippen LogP) is 2.19. The molecular weight excluding hydrogens is 300 g/mol. The Kier molecular flexibility index (Phi) is 3.76. The summed E-state index contributed by atoms with van der Waals surface area (Å²) in [5.41, 5.74) is 6.27. The Bertz CT molecular complexity index is 625. The summed E-state index contributed by atoms with van der Waals surface area (Å²) < 4.78 is 0. The van der Waals surface area contributed by atoms with Crippen molar-refractivity contribution in [1.29, 1.82) is 0 Å². The topological polar surface area (TPSA) is 59.5 Å². The van der Waals surface area contributed by atoms with Gasteiger partial charge in [0.25, 0.3) is 0 Å². The number of aryl methyl sites for hydroxylation is 1. The van der Waals surface area contributed by atoms with Crippen molar-refractivity contribution in [3.8, 4) is 0 Å². The molecule has 4 aliphatic rings. The Labute approximate surface area is 144 Å². The summed E-state index contributed by atoms with van der Waals surface area (Å²) >= 11 is 0. The first-order valence-corrected chi connectivity index (χ1v) is 10.0. The molecule has 0 spiro atoms. The van der Waals surface area contributed by atoms with Gasteiger partial charge in [-0.1, -0.05) is 0 Å². The van der Waals surface area contributed by atoms with Crippen LogP contribution in [0.2, 0.25) is 0 Å². The molecule has 2 aliphatic carbocycles. The fraction of sp³-hybridized carbons (Fsp3) is 0.800. The van der Waals surface area contributed by atoms with Gasteiger partial charge in [-0.2, -0.15) is 0 Å². The van der Waals surface area contributed by atoms with Gasteiger partial charge in [0, 0.05) is 37.0 Å². The predicted molar refractivity (Wildman–Crippen MR) is 92.9 cm³/mol. The molecule has 0 aromatic carbocycles. The Morgan fingerprint density at radius 1 is 1.08 bits per heavy atom. The molecule has 2 fully saturated rings. The number of nitrogens with zero attached hydrogens (tertiary/aromatic N) is 1. The maximum absolute atomic E-state index is 10.4. The van der Waals surface area contributed by atoms with E-state index in [2.05, 4.69) is 9.88 Å². The van der Waals surface area contributed by atoms with E-state index in [1.807, 2.05) is 0 Å². The molecular formula is C20H30N2O2. The number of aliphatic hydroxyl groups is 2. The standard InChI is InChI=1S/C20H30N2O2/c23-11-16-15-9-18-20-14(13-3-1-2-4-17(13)21-20)7-8-22(18)10-12(15)5-6-19(16)24/h12,15-16,18-19,21,23-24H,1-11H2/t12-,15-,16+,18-,19-/m0/s1. The van der Waals surface area contributed by atoms with Crippen molar-refractivity contribution in [2.75, 3.05) is 19.7 Å². The third kappa shape index (κ3) is 2.23. The molecule has 0 unspecified atom stereocenters. The minimum atomic E-state index is -0.303. The van der Waals surface area contributed by atoms with Crippen molar-refractivity contribution < 1.29 is 10.2 Å². The fourth-order valence-corrected chi connectivity index (χ4v) is 6.28. The number of rotatable bonds is 1. The van der Waals surface area contributed by atoms with Gasteiger partial charge < -0.3 is 15.2 Å². The molecule has 2 aliphatic heterocycles. The van der Waals surface area contributed by atoms with Gasteiger partial charge in [0.1, 0.15) is 0 Å². The second kappa shape index (κ2) is 5.86. The lowest BCUT2D eigenvalue weighted by Crippen LogP contribution is -2.52. The Morgan fingerprint density at radius 3 is 2.83 bits per heavy atom. The van der Waals surface area contributed by atoms with E-state index >= 15 is 0 Å². The highest BCUT2D eigenvalue weighted by Crippen LogP contribution is 2.49. The van der Waals surface area contributed by atoms with Crippen LogP contribution in [0.1, 0.15) is 60.7 Å². The highest BCUT2D eigenvalue weighted by Gasteiger charge is 2.46. The van der Waals surface area contributed by atoms with Crippen LogP contribution < -0.4 is 0 Å². The van der Waals surface area contributed by atoms with Crippen molar-refractivity contribution in [3.63, 3.8) is 0 Å². The van der Waals surface area contributed by atoms with Gasteiger partial charge in [-0.3, -0.25) is 4.90 Å². The summed E-state index contributed by atoms with van der Waals surface area (Å²) in [5.74, 6) is 1.22. The zero-order valence-corrected chi connectivity index (χ0v) is 14.5. The lowest BCUT2D eigenvalue weighted by atomic mass is 9.65. The first kappa shape index (κ1) is 15.4. The molecule has 1 saturated heterocycles. The van der Waals surface area contributed by atoms with Gasteiger partial charge in [0.15, 0.2) is 0 Å². The zero-order chi connectivity index (χ0) is 16.3. The van der Waals surface area contributed by atoms with Gasteiger partial charge >= 0.3 is 0 Å². The van der Waals surface area contributed by atoms with E-state index in [4.69, 9.17) is 0 Å². The van der Waals surface area contributed by atoms with Gasteiger partial charge in [0.05, 0.1) is 12.1 Å². The van der Waals surface area contributed by atoms with E-state index in [9.17, 15) is 10.2 Å². The maximum Gasteiger partial charge on any atom is 0.0593 e. The number of H-pyrrole nitrogens is 1. The van der Waals surface area contributed by atoms with Crippen LogP contribution in [0.15, 0.2) is 0 Å². The van der Waals surface area contributed by atoms with Crippen LogP contribution in [0.4, 0.5) is 0 Å². The number of piperidine rings is 1. The monoisotopic (exact) mass is 330 g/mol. The molecule has 1 aromatic rings. The smallest absolute Gasteiger partial charge is 0.0593 e. The van der Waals surface area contributed by atoms with Crippen molar-refractivity contribution in [1.82, 2.24) is 9.88 Å². The largest absolute Gasteiger partial charge is 0.396 e. The van der Waals surface area contributed by atoms with Crippen LogP contribution in [-0.4, -0.2) is 45.9 Å². The number of aromatic nitrogens is 1. The number of fused-ring (bicyclic) bond motifs is 6. The second-order valence-corrected chi connectivity index (χ2v) is 8.59. The van der Waals surface area contributed by atoms with Crippen molar-refractivity contribution in [3.05, 3.63) is 22.5 Å². The van der Waals surface area contributed by atoms with Crippen LogP contribution in [-0.2, 0) is 19.3 Å². The third-order valence-electron chi connectivity index (χ3n) is 7.52. The SMILES string of the molecule is OC[C@@H]1[C@H]2C[C@H]3c4[nH]c5c(c4CCN3C[C@@H]2CC[C@@H]1O)CCCC5. The summed E-state index contributed by atoms with van der Waals surface area (Å²) in [6.45, 7) is 2.49. The molecule has 5 atom stereocenters. The second-order valence-electron chi connectivity index (χ2n) is 8.59. The van der Waals surface area contributed by atoms with E-state index in [0.29, 0.717) is 17.9 Å². The zero-order valence-electron chi connectivity index (χ0n) is 14.5. The first-order valence-electron chi connectivity index (χ1n) is 10.0. The highest BCUT2D eigenvalue weighted by molar-refractivity contribution is 5.42. The number of aliphatic hydroxyl groups excluding tert-OH is 2. The van der Waals surface area contributed by atoms with Gasteiger partial charge in [0.2, 0.25) is 0 Å². The van der Waals surface area contributed by atoms with E-state index in [1.54, 1.807) is 11.1 Å². The average molecular weight is 330 g/mol. The lowest BCUT2D eigenvalue weighted by Gasteiger charge is -2.51. The Hall–Kier alpha value is -0.840. The summed E-state index contributed by atoms with van der Waals surface area (Å²) in [4.78, 5) is 6.52.